The molecule has 138 valence electrons. The van der Waals surface area contributed by atoms with Gasteiger partial charge in [-0.25, -0.2) is 8.78 Å². The van der Waals surface area contributed by atoms with E-state index in [9.17, 15) is 8.78 Å². The third kappa shape index (κ3) is 3.55. The quantitative estimate of drug-likeness (QED) is 0.662. The van der Waals surface area contributed by atoms with E-state index in [2.05, 4.69) is 24.5 Å². The maximum Gasteiger partial charge on any atom is 0.170 e. The van der Waals surface area contributed by atoms with Crippen LogP contribution in [-0.2, 0) is 5.41 Å². The van der Waals surface area contributed by atoms with Crippen molar-refractivity contribution < 1.29 is 8.78 Å². The first-order valence-corrected chi connectivity index (χ1v) is 9.20. The van der Waals surface area contributed by atoms with Crippen LogP contribution in [0.1, 0.15) is 31.4 Å². The summed E-state index contributed by atoms with van der Waals surface area (Å²) in [5, 5.41) is 7.47. The van der Waals surface area contributed by atoms with E-state index in [4.69, 9.17) is 23.8 Å². The Balaban J connectivity index is 1.73. The zero-order valence-corrected chi connectivity index (χ0v) is 16.5. The molecule has 2 aromatic carbocycles. The molecule has 1 aliphatic carbocycles. The molecule has 1 atom stereocenters. The molecule has 1 unspecified atom stereocenters. The van der Waals surface area contributed by atoms with Crippen molar-refractivity contribution in [3.8, 4) is 0 Å². The van der Waals surface area contributed by atoms with Gasteiger partial charge in [0.1, 0.15) is 11.6 Å². The van der Waals surface area contributed by atoms with Gasteiger partial charge < -0.3 is 10.6 Å². The zero-order chi connectivity index (χ0) is 19.1. The highest BCUT2D eigenvalue weighted by Crippen LogP contribution is 2.64. The predicted molar refractivity (Wildman–Crippen MR) is 107 cm³/mol. The molecule has 0 bridgehead atoms. The summed E-state index contributed by atoms with van der Waals surface area (Å²) in [4.78, 5) is 0. The van der Waals surface area contributed by atoms with Gasteiger partial charge in [0.2, 0.25) is 0 Å². The first-order valence-electron chi connectivity index (χ1n) is 8.41. The summed E-state index contributed by atoms with van der Waals surface area (Å²) in [7, 11) is 0. The molecule has 6 heteroatoms. The van der Waals surface area contributed by atoms with E-state index in [1.165, 1.54) is 6.07 Å². The van der Waals surface area contributed by atoms with E-state index < -0.39 is 17.0 Å². The number of benzene rings is 2. The number of halogens is 3. The summed E-state index contributed by atoms with van der Waals surface area (Å²) in [5.41, 5.74) is 1.87. The van der Waals surface area contributed by atoms with E-state index in [0.717, 1.165) is 23.7 Å². The standard InChI is InChI=1S/C20H21ClF2N2S/c1-12-8-13(21)4-7-17(12)25-18(26)24-11-20(10-19(20,2)3)15-6-5-14(22)9-16(15)23/h4-9H,10-11H2,1-3H3,(H2,24,25,26). The van der Waals surface area contributed by atoms with Crippen molar-refractivity contribution in [2.75, 3.05) is 11.9 Å². The summed E-state index contributed by atoms with van der Waals surface area (Å²) in [6.45, 7) is 6.58. The largest absolute Gasteiger partial charge is 0.362 e. The molecule has 0 aromatic heterocycles. The Kier molecular flexibility index (Phi) is 4.97. The summed E-state index contributed by atoms with van der Waals surface area (Å²) in [6.07, 6.45) is 0.804. The molecular formula is C20H21ClF2N2S. The minimum Gasteiger partial charge on any atom is -0.362 e. The Morgan fingerprint density at radius 2 is 1.88 bits per heavy atom. The smallest absolute Gasteiger partial charge is 0.170 e. The van der Waals surface area contributed by atoms with Crippen molar-refractivity contribution in [2.45, 2.75) is 32.6 Å². The van der Waals surface area contributed by atoms with Crippen LogP contribution in [0, 0.1) is 24.0 Å². The number of hydrogen-bond donors (Lipinski definition) is 2. The molecule has 0 amide bonds. The van der Waals surface area contributed by atoms with Crippen LogP contribution in [0.3, 0.4) is 0 Å². The summed E-state index contributed by atoms with van der Waals surface area (Å²) < 4.78 is 27.6. The summed E-state index contributed by atoms with van der Waals surface area (Å²) in [6, 6.07) is 9.30. The molecule has 1 saturated carbocycles. The lowest BCUT2D eigenvalue weighted by Crippen LogP contribution is -2.37. The van der Waals surface area contributed by atoms with E-state index in [1.807, 2.05) is 19.1 Å². The first kappa shape index (κ1) is 19.1. The van der Waals surface area contributed by atoms with Crippen molar-refractivity contribution in [3.05, 3.63) is 64.2 Å². The molecule has 0 aliphatic heterocycles. The van der Waals surface area contributed by atoms with Crippen LogP contribution in [0.25, 0.3) is 0 Å². The lowest BCUT2D eigenvalue weighted by atomic mass is 9.87. The Labute approximate surface area is 162 Å². The Morgan fingerprint density at radius 3 is 2.46 bits per heavy atom. The van der Waals surface area contributed by atoms with Crippen molar-refractivity contribution in [2.24, 2.45) is 5.41 Å². The summed E-state index contributed by atoms with van der Waals surface area (Å²) in [5.74, 6) is -1.08. The van der Waals surface area contributed by atoms with Gasteiger partial charge in [0, 0.05) is 28.7 Å². The summed E-state index contributed by atoms with van der Waals surface area (Å²) >= 11 is 11.4. The van der Waals surface area contributed by atoms with Crippen molar-refractivity contribution in [3.63, 3.8) is 0 Å². The average molecular weight is 395 g/mol. The van der Waals surface area contributed by atoms with Crippen LogP contribution in [0.4, 0.5) is 14.5 Å². The van der Waals surface area contributed by atoms with Crippen LogP contribution in [0.15, 0.2) is 36.4 Å². The monoisotopic (exact) mass is 394 g/mol. The predicted octanol–water partition coefficient (Wildman–Crippen LogP) is 5.58. The van der Waals surface area contributed by atoms with Gasteiger partial charge in [0.25, 0.3) is 0 Å². The van der Waals surface area contributed by atoms with Crippen LogP contribution < -0.4 is 10.6 Å². The van der Waals surface area contributed by atoms with E-state index in [-0.39, 0.29) is 5.41 Å². The van der Waals surface area contributed by atoms with Crippen LogP contribution in [0.5, 0.6) is 0 Å². The number of thiocarbonyl (C=S) groups is 1. The third-order valence-electron chi connectivity index (χ3n) is 5.35. The van der Waals surface area contributed by atoms with Crippen LogP contribution in [-0.4, -0.2) is 11.7 Å². The minimum atomic E-state index is -0.566. The Morgan fingerprint density at radius 1 is 1.19 bits per heavy atom. The minimum absolute atomic E-state index is 0.0928. The van der Waals surface area contributed by atoms with Gasteiger partial charge >= 0.3 is 0 Å². The molecule has 2 aromatic rings. The van der Waals surface area contributed by atoms with E-state index in [0.29, 0.717) is 22.2 Å². The fourth-order valence-electron chi connectivity index (χ4n) is 3.61. The molecule has 0 radical (unpaired) electrons. The number of nitrogens with one attached hydrogen (secondary N) is 2. The number of rotatable bonds is 4. The van der Waals surface area contributed by atoms with Crippen LogP contribution in [0.2, 0.25) is 5.02 Å². The van der Waals surface area contributed by atoms with E-state index in [1.54, 1.807) is 12.1 Å². The maximum atomic E-state index is 14.4. The normalized spacial score (nSPS) is 20.5. The van der Waals surface area contributed by atoms with Crippen molar-refractivity contribution in [1.82, 2.24) is 5.32 Å². The molecule has 2 N–H and O–H groups in total. The fraction of sp³-hybridized carbons (Fsp3) is 0.350. The SMILES string of the molecule is Cc1cc(Cl)ccc1NC(=S)NCC1(c2ccc(F)cc2F)CC1(C)C. The zero-order valence-electron chi connectivity index (χ0n) is 14.9. The molecule has 0 spiro atoms. The fourth-order valence-corrected chi connectivity index (χ4v) is 4.02. The first-order chi connectivity index (χ1) is 12.1. The number of aryl methyl sites for hydroxylation is 1. The Hall–Kier alpha value is -1.72. The average Bonchev–Trinajstić information content (AvgIpc) is 3.10. The van der Waals surface area contributed by atoms with E-state index >= 15 is 0 Å². The molecule has 0 heterocycles. The molecular weight excluding hydrogens is 374 g/mol. The second-order valence-corrected chi connectivity index (χ2v) is 8.38. The highest BCUT2D eigenvalue weighted by molar-refractivity contribution is 7.80. The highest BCUT2D eigenvalue weighted by Gasteiger charge is 2.62. The topological polar surface area (TPSA) is 24.1 Å². The van der Waals surface area contributed by atoms with Gasteiger partial charge in [0.05, 0.1) is 0 Å². The third-order valence-corrected chi connectivity index (χ3v) is 5.83. The van der Waals surface area contributed by atoms with Gasteiger partial charge in [-0.15, -0.1) is 0 Å². The number of anilines is 1. The lowest BCUT2D eigenvalue weighted by Gasteiger charge is -2.24. The maximum absolute atomic E-state index is 14.4. The van der Waals surface area contributed by atoms with Crippen LogP contribution >= 0.6 is 23.8 Å². The second-order valence-electron chi connectivity index (χ2n) is 7.53. The number of hydrogen-bond acceptors (Lipinski definition) is 1. The molecule has 1 aliphatic rings. The highest BCUT2D eigenvalue weighted by atomic mass is 35.5. The van der Waals surface area contributed by atoms with Gasteiger partial charge in [-0.2, -0.15) is 0 Å². The van der Waals surface area contributed by atoms with Crippen molar-refractivity contribution in [1.29, 1.82) is 0 Å². The van der Waals surface area contributed by atoms with Gasteiger partial charge in [-0.05, 0) is 66.4 Å². The molecule has 3 rings (SSSR count). The van der Waals surface area contributed by atoms with Gasteiger partial charge in [0.15, 0.2) is 5.11 Å². The van der Waals surface area contributed by atoms with Crippen molar-refractivity contribution >= 4 is 34.6 Å². The molecule has 26 heavy (non-hydrogen) atoms. The lowest BCUT2D eigenvalue weighted by molar-refractivity contribution is 0.462. The molecule has 0 saturated heterocycles. The Bertz CT molecular complexity index is 869. The second kappa shape index (κ2) is 6.78. The molecule has 1 fully saturated rings. The molecule has 2 nitrogen and oxygen atoms in total. The van der Waals surface area contributed by atoms with Gasteiger partial charge in [-0.1, -0.05) is 31.5 Å². The van der Waals surface area contributed by atoms with Gasteiger partial charge in [-0.3, -0.25) is 0 Å².